The number of aromatic nitrogens is 2. The molecule has 0 atom stereocenters. The van der Waals surface area contributed by atoms with Gasteiger partial charge in [0.1, 0.15) is 5.76 Å². The smallest absolute Gasteiger partial charge is 0.143 e. The molecular formula is C11H12N2O. The summed E-state index contributed by atoms with van der Waals surface area (Å²) >= 11 is 0. The summed E-state index contributed by atoms with van der Waals surface area (Å²) in [6, 6.07) is 4.02. The maximum absolute atomic E-state index is 5.09. The summed E-state index contributed by atoms with van der Waals surface area (Å²) in [6.45, 7) is 5.84. The second kappa shape index (κ2) is 3.25. The van der Waals surface area contributed by atoms with E-state index in [1.807, 2.05) is 39.1 Å². The molecule has 0 bridgehead atoms. The van der Waals surface area contributed by atoms with Crippen LogP contribution in [0.15, 0.2) is 22.9 Å². The van der Waals surface area contributed by atoms with Crippen molar-refractivity contribution in [1.82, 2.24) is 10.1 Å². The summed E-state index contributed by atoms with van der Waals surface area (Å²) in [7, 11) is 0. The van der Waals surface area contributed by atoms with E-state index in [4.69, 9.17) is 4.52 Å². The van der Waals surface area contributed by atoms with Gasteiger partial charge in [-0.15, -0.1) is 0 Å². The quantitative estimate of drug-likeness (QED) is 0.690. The fraction of sp³-hybridized carbons (Fsp3) is 0.273. The predicted molar refractivity (Wildman–Crippen MR) is 53.9 cm³/mol. The molecule has 0 aliphatic heterocycles. The van der Waals surface area contributed by atoms with Gasteiger partial charge in [0.05, 0.1) is 17.0 Å². The van der Waals surface area contributed by atoms with E-state index in [1.165, 1.54) is 0 Å². The summed E-state index contributed by atoms with van der Waals surface area (Å²) in [5.74, 6) is 0.818. The zero-order valence-corrected chi connectivity index (χ0v) is 8.53. The molecule has 2 aromatic rings. The van der Waals surface area contributed by atoms with E-state index in [9.17, 15) is 0 Å². The van der Waals surface area contributed by atoms with Crippen molar-refractivity contribution in [3.05, 3.63) is 35.3 Å². The molecule has 14 heavy (non-hydrogen) atoms. The van der Waals surface area contributed by atoms with E-state index in [1.54, 1.807) is 0 Å². The summed E-state index contributed by atoms with van der Waals surface area (Å²) in [5, 5.41) is 3.90. The summed E-state index contributed by atoms with van der Waals surface area (Å²) in [6.07, 6.45) is 1.85. The molecule has 0 aromatic carbocycles. The number of hydrogen-bond donors (Lipinski definition) is 0. The monoisotopic (exact) mass is 188 g/mol. The Hall–Kier alpha value is -1.64. The van der Waals surface area contributed by atoms with Crippen molar-refractivity contribution in [3.63, 3.8) is 0 Å². The minimum atomic E-state index is 0.818. The SMILES string of the molecule is Cc1ccc(-c2c(C)noc2C)nc1. The third-order valence-electron chi connectivity index (χ3n) is 2.20. The first kappa shape index (κ1) is 8.94. The molecule has 72 valence electrons. The third kappa shape index (κ3) is 1.41. The van der Waals surface area contributed by atoms with Crippen LogP contribution in [0, 0.1) is 20.8 Å². The average Bonchev–Trinajstić information content (AvgIpc) is 2.49. The van der Waals surface area contributed by atoms with Gasteiger partial charge in [0, 0.05) is 6.20 Å². The average molecular weight is 188 g/mol. The number of rotatable bonds is 1. The van der Waals surface area contributed by atoms with E-state index in [2.05, 4.69) is 10.1 Å². The Kier molecular flexibility index (Phi) is 2.08. The second-order valence-corrected chi connectivity index (χ2v) is 3.42. The number of hydrogen-bond acceptors (Lipinski definition) is 3. The molecule has 0 fully saturated rings. The van der Waals surface area contributed by atoms with Gasteiger partial charge in [-0.3, -0.25) is 4.98 Å². The number of aryl methyl sites for hydroxylation is 3. The highest BCUT2D eigenvalue weighted by molar-refractivity contribution is 5.63. The molecule has 2 heterocycles. The first-order valence-corrected chi connectivity index (χ1v) is 4.54. The molecule has 2 rings (SSSR count). The van der Waals surface area contributed by atoms with Crippen LogP contribution >= 0.6 is 0 Å². The van der Waals surface area contributed by atoms with Crippen LogP contribution < -0.4 is 0 Å². The third-order valence-corrected chi connectivity index (χ3v) is 2.20. The molecule has 3 heteroatoms. The Morgan fingerprint density at radius 1 is 1.14 bits per heavy atom. The van der Waals surface area contributed by atoms with Gasteiger partial charge in [-0.25, -0.2) is 0 Å². The van der Waals surface area contributed by atoms with Gasteiger partial charge in [0.25, 0.3) is 0 Å². The standard InChI is InChI=1S/C11H12N2O/c1-7-4-5-10(12-6-7)11-8(2)13-14-9(11)3/h4-6H,1-3H3. The van der Waals surface area contributed by atoms with E-state index < -0.39 is 0 Å². The summed E-state index contributed by atoms with van der Waals surface area (Å²) in [4.78, 5) is 4.34. The fourth-order valence-electron chi connectivity index (χ4n) is 1.46. The lowest BCUT2D eigenvalue weighted by molar-refractivity contribution is 0.393. The van der Waals surface area contributed by atoms with Crippen molar-refractivity contribution in [2.45, 2.75) is 20.8 Å². The maximum atomic E-state index is 5.09. The molecule has 0 aliphatic rings. The topological polar surface area (TPSA) is 38.9 Å². The van der Waals surface area contributed by atoms with Gasteiger partial charge in [-0.1, -0.05) is 11.2 Å². The zero-order chi connectivity index (χ0) is 10.1. The van der Waals surface area contributed by atoms with E-state index in [0.29, 0.717) is 0 Å². The van der Waals surface area contributed by atoms with E-state index in [0.717, 1.165) is 28.3 Å². The zero-order valence-electron chi connectivity index (χ0n) is 8.53. The Labute approximate surface area is 82.8 Å². The lowest BCUT2D eigenvalue weighted by Gasteiger charge is -1.98. The van der Waals surface area contributed by atoms with Crippen LogP contribution in [-0.4, -0.2) is 10.1 Å². The highest BCUT2D eigenvalue weighted by atomic mass is 16.5. The molecule has 0 saturated carbocycles. The fourth-order valence-corrected chi connectivity index (χ4v) is 1.46. The molecule has 0 N–H and O–H groups in total. The highest BCUT2D eigenvalue weighted by Gasteiger charge is 2.11. The lowest BCUT2D eigenvalue weighted by atomic mass is 10.1. The van der Waals surface area contributed by atoms with Crippen molar-refractivity contribution in [3.8, 4) is 11.3 Å². The molecule has 0 unspecified atom stereocenters. The van der Waals surface area contributed by atoms with Gasteiger partial charge in [0.2, 0.25) is 0 Å². The molecule has 0 amide bonds. The molecule has 0 spiro atoms. The molecular weight excluding hydrogens is 176 g/mol. The van der Waals surface area contributed by atoms with Crippen molar-refractivity contribution < 1.29 is 4.52 Å². The van der Waals surface area contributed by atoms with Crippen molar-refractivity contribution in [2.75, 3.05) is 0 Å². The molecule has 0 radical (unpaired) electrons. The van der Waals surface area contributed by atoms with Gasteiger partial charge in [-0.05, 0) is 32.4 Å². The Morgan fingerprint density at radius 3 is 2.43 bits per heavy atom. The first-order valence-electron chi connectivity index (χ1n) is 4.54. The first-order chi connectivity index (χ1) is 6.68. The predicted octanol–water partition coefficient (Wildman–Crippen LogP) is 2.66. The highest BCUT2D eigenvalue weighted by Crippen LogP contribution is 2.24. The van der Waals surface area contributed by atoms with Crippen LogP contribution in [0.5, 0.6) is 0 Å². The van der Waals surface area contributed by atoms with Gasteiger partial charge < -0.3 is 4.52 Å². The summed E-state index contributed by atoms with van der Waals surface area (Å²) < 4.78 is 5.09. The van der Waals surface area contributed by atoms with Crippen LogP contribution in [0.4, 0.5) is 0 Å². The molecule has 0 saturated heterocycles. The van der Waals surface area contributed by atoms with Crippen LogP contribution in [0.25, 0.3) is 11.3 Å². The number of pyridine rings is 1. The molecule has 2 aromatic heterocycles. The van der Waals surface area contributed by atoms with Gasteiger partial charge in [0.15, 0.2) is 0 Å². The largest absolute Gasteiger partial charge is 0.361 e. The molecule has 3 nitrogen and oxygen atoms in total. The molecule has 0 aliphatic carbocycles. The van der Waals surface area contributed by atoms with Crippen LogP contribution in [0.3, 0.4) is 0 Å². The minimum absolute atomic E-state index is 0.818. The Bertz CT molecular complexity index is 423. The van der Waals surface area contributed by atoms with Crippen LogP contribution in [-0.2, 0) is 0 Å². The van der Waals surface area contributed by atoms with E-state index >= 15 is 0 Å². The Morgan fingerprint density at radius 2 is 1.93 bits per heavy atom. The second-order valence-electron chi connectivity index (χ2n) is 3.42. The van der Waals surface area contributed by atoms with Crippen molar-refractivity contribution in [2.24, 2.45) is 0 Å². The lowest BCUT2D eigenvalue weighted by Crippen LogP contribution is -1.86. The van der Waals surface area contributed by atoms with Gasteiger partial charge in [-0.2, -0.15) is 0 Å². The van der Waals surface area contributed by atoms with Crippen LogP contribution in [0.2, 0.25) is 0 Å². The maximum Gasteiger partial charge on any atom is 0.143 e. The van der Waals surface area contributed by atoms with Crippen molar-refractivity contribution >= 4 is 0 Å². The van der Waals surface area contributed by atoms with Crippen LogP contribution in [0.1, 0.15) is 17.0 Å². The Balaban J connectivity index is 2.54. The summed E-state index contributed by atoms with van der Waals surface area (Å²) in [5.41, 5.74) is 3.97. The minimum Gasteiger partial charge on any atom is -0.361 e. The normalized spacial score (nSPS) is 10.5. The van der Waals surface area contributed by atoms with Crippen molar-refractivity contribution in [1.29, 1.82) is 0 Å². The van der Waals surface area contributed by atoms with Gasteiger partial charge >= 0.3 is 0 Å². The van der Waals surface area contributed by atoms with E-state index in [-0.39, 0.29) is 0 Å². The number of nitrogens with zero attached hydrogens (tertiary/aromatic N) is 2.